The lowest BCUT2D eigenvalue weighted by atomic mass is 9.96. The molecule has 0 saturated carbocycles. The molecular weight excluding hydrogens is 280 g/mol. The molecule has 0 aliphatic carbocycles. The molecule has 2 rings (SSSR count). The van der Waals surface area contributed by atoms with Gasteiger partial charge >= 0.3 is 0 Å². The number of likely N-dealkylation sites (tertiary alicyclic amines) is 1. The zero-order valence-corrected chi connectivity index (χ0v) is 13.2. The second kappa shape index (κ2) is 7.29. The predicted molar refractivity (Wildman–Crippen MR) is 84.5 cm³/mol. The van der Waals surface area contributed by atoms with E-state index in [4.69, 9.17) is 10.5 Å². The molecule has 0 atom stereocenters. The van der Waals surface area contributed by atoms with E-state index in [1.165, 1.54) is 5.56 Å². The minimum absolute atomic E-state index is 0.0305. The third kappa shape index (κ3) is 4.23. The van der Waals surface area contributed by atoms with Gasteiger partial charge in [0.05, 0.1) is 0 Å². The fourth-order valence-electron chi connectivity index (χ4n) is 2.61. The van der Waals surface area contributed by atoms with Gasteiger partial charge in [0.25, 0.3) is 5.91 Å². The minimum atomic E-state index is -0.270. The number of carbonyl (C=O) groups excluding carboxylic acids is 2. The van der Waals surface area contributed by atoms with Gasteiger partial charge in [-0.1, -0.05) is 26.0 Å². The van der Waals surface area contributed by atoms with Gasteiger partial charge < -0.3 is 15.4 Å². The van der Waals surface area contributed by atoms with E-state index >= 15 is 0 Å². The van der Waals surface area contributed by atoms with Crippen LogP contribution in [0.25, 0.3) is 0 Å². The van der Waals surface area contributed by atoms with Crippen LogP contribution in [0.5, 0.6) is 5.75 Å². The van der Waals surface area contributed by atoms with E-state index in [1.807, 2.05) is 24.3 Å². The third-order valence-corrected chi connectivity index (χ3v) is 4.14. The Bertz CT molecular complexity index is 534. The number of nitrogens with zero attached hydrogens (tertiary/aromatic N) is 1. The molecule has 1 aromatic carbocycles. The van der Waals surface area contributed by atoms with Crippen LogP contribution in [0.1, 0.15) is 38.2 Å². The number of primary amides is 1. The maximum absolute atomic E-state index is 12.2. The van der Waals surface area contributed by atoms with Gasteiger partial charge in [-0.05, 0) is 36.5 Å². The molecule has 2 N–H and O–H groups in total. The molecule has 2 amide bonds. The summed E-state index contributed by atoms with van der Waals surface area (Å²) < 4.78 is 5.60. The maximum Gasteiger partial charge on any atom is 0.260 e. The van der Waals surface area contributed by atoms with E-state index in [1.54, 1.807) is 4.90 Å². The van der Waals surface area contributed by atoms with Gasteiger partial charge in [-0.25, -0.2) is 0 Å². The van der Waals surface area contributed by atoms with Crippen LogP contribution in [-0.4, -0.2) is 36.4 Å². The highest BCUT2D eigenvalue weighted by atomic mass is 16.5. The van der Waals surface area contributed by atoms with Gasteiger partial charge in [-0.15, -0.1) is 0 Å². The summed E-state index contributed by atoms with van der Waals surface area (Å²) in [5.74, 6) is 0.720. The second-order valence-electron chi connectivity index (χ2n) is 6.07. The molecule has 0 bridgehead atoms. The lowest BCUT2D eigenvalue weighted by Crippen LogP contribution is -2.43. The van der Waals surface area contributed by atoms with Crippen molar-refractivity contribution in [1.82, 2.24) is 4.90 Å². The summed E-state index contributed by atoms with van der Waals surface area (Å²) in [6.07, 6.45) is 1.29. The van der Waals surface area contributed by atoms with Crippen molar-refractivity contribution < 1.29 is 14.3 Å². The normalized spacial score (nSPS) is 15.9. The molecule has 1 aliphatic heterocycles. The lowest BCUT2D eigenvalue weighted by molar-refractivity contribution is -0.136. The van der Waals surface area contributed by atoms with Gasteiger partial charge in [0.2, 0.25) is 5.91 Å². The summed E-state index contributed by atoms with van der Waals surface area (Å²) in [4.78, 5) is 25.0. The summed E-state index contributed by atoms with van der Waals surface area (Å²) >= 11 is 0. The van der Waals surface area contributed by atoms with Crippen molar-refractivity contribution in [2.24, 2.45) is 11.7 Å². The van der Waals surface area contributed by atoms with E-state index in [0.717, 1.165) is 0 Å². The molecule has 0 aromatic heterocycles. The smallest absolute Gasteiger partial charge is 0.260 e. The average Bonchev–Trinajstić information content (AvgIpc) is 2.53. The number of rotatable bonds is 5. The average molecular weight is 304 g/mol. The zero-order valence-electron chi connectivity index (χ0n) is 13.2. The Kier molecular flexibility index (Phi) is 5.41. The fraction of sp³-hybridized carbons (Fsp3) is 0.529. The first-order valence-electron chi connectivity index (χ1n) is 7.77. The summed E-state index contributed by atoms with van der Waals surface area (Å²) in [5.41, 5.74) is 6.48. The van der Waals surface area contributed by atoms with Gasteiger partial charge in [-0.2, -0.15) is 0 Å². The van der Waals surface area contributed by atoms with Crippen LogP contribution >= 0.6 is 0 Å². The van der Waals surface area contributed by atoms with Crippen LogP contribution in [0, 0.1) is 5.92 Å². The Labute approximate surface area is 131 Å². The molecule has 1 saturated heterocycles. The Morgan fingerprint density at radius 2 is 2.00 bits per heavy atom. The van der Waals surface area contributed by atoms with Gasteiger partial charge in [0.15, 0.2) is 6.61 Å². The van der Waals surface area contributed by atoms with Crippen LogP contribution in [0.15, 0.2) is 24.3 Å². The number of hydrogen-bond acceptors (Lipinski definition) is 3. The van der Waals surface area contributed by atoms with E-state index in [-0.39, 0.29) is 24.3 Å². The van der Waals surface area contributed by atoms with Crippen LogP contribution in [0.2, 0.25) is 0 Å². The second-order valence-corrected chi connectivity index (χ2v) is 6.07. The number of hydrogen-bond donors (Lipinski definition) is 1. The van der Waals surface area contributed by atoms with Gasteiger partial charge in [0.1, 0.15) is 5.75 Å². The number of amides is 2. The molecule has 1 heterocycles. The Morgan fingerprint density at radius 3 is 2.59 bits per heavy atom. The molecule has 1 fully saturated rings. The molecule has 1 aliphatic rings. The van der Waals surface area contributed by atoms with Crippen LogP contribution < -0.4 is 10.5 Å². The van der Waals surface area contributed by atoms with Crippen molar-refractivity contribution in [1.29, 1.82) is 0 Å². The van der Waals surface area contributed by atoms with Crippen molar-refractivity contribution in [3.63, 3.8) is 0 Å². The lowest BCUT2D eigenvalue weighted by Gasteiger charge is -2.30. The number of ether oxygens (including phenoxy) is 1. The van der Waals surface area contributed by atoms with Crippen LogP contribution in [0.3, 0.4) is 0 Å². The molecule has 5 nitrogen and oxygen atoms in total. The first-order valence-corrected chi connectivity index (χ1v) is 7.77. The van der Waals surface area contributed by atoms with Crippen molar-refractivity contribution in [3.8, 4) is 5.75 Å². The number of carbonyl (C=O) groups is 2. The minimum Gasteiger partial charge on any atom is -0.484 e. The Balaban J connectivity index is 1.83. The summed E-state index contributed by atoms with van der Waals surface area (Å²) in [6.45, 7) is 5.41. The Hall–Kier alpha value is -2.04. The van der Waals surface area contributed by atoms with Gasteiger partial charge in [-0.3, -0.25) is 9.59 Å². The molecular formula is C17H24N2O3. The monoisotopic (exact) mass is 304 g/mol. The van der Waals surface area contributed by atoms with Crippen LogP contribution in [-0.2, 0) is 9.59 Å². The molecule has 22 heavy (non-hydrogen) atoms. The maximum atomic E-state index is 12.2. The molecule has 0 radical (unpaired) electrons. The highest BCUT2D eigenvalue weighted by Gasteiger charge is 2.25. The van der Waals surface area contributed by atoms with Crippen molar-refractivity contribution in [2.75, 3.05) is 19.7 Å². The van der Waals surface area contributed by atoms with Crippen molar-refractivity contribution in [2.45, 2.75) is 32.6 Å². The van der Waals surface area contributed by atoms with E-state index < -0.39 is 0 Å². The topological polar surface area (TPSA) is 72.6 Å². The SMILES string of the molecule is CC(C)c1cccc(OCC(=O)N2CCC(C(N)=O)CC2)c1. The first-order chi connectivity index (χ1) is 10.5. The van der Waals surface area contributed by atoms with Gasteiger partial charge in [0, 0.05) is 19.0 Å². The predicted octanol–water partition coefficient (Wildman–Crippen LogP) is 1.91. The quantitative estimate of drug-likeness (QED) is 0.903. The number of piperidine rings is 1. The number of nitrogens with two attached hydrogens (primary N) is 1. The number of benzene rings is 1. The zero-order chi connectivity index (χ0) is 16.1. The third-order valence-electron chi connectivity index (χ3n) is 4.14. The van der Waals surface area contributed by atoms with E-state index in [2.05, 4.69) is 13.8 Å². The van der Waals surface area contributed by atoms with Crippen molar-refractivity contribution >= 4 is 11.8 Å². The Morgan fingerprint density at radius 1 is 1.32 bits per heavy atom. The van der Waals surface area contributed by atoms with E-state index in [0.29, 0.717) is 37.6 Å². The van der Waals surface area contributed by atoms with E-state index in [9.17, 15) is 9.59 Å². The van der Waals surface area contributed by atoms with Crippen LogP contribution in [0.4, 0.5) is 0 Å². The molecule has 5 heteroatoms. The molecule has 120 valence electrons. The largest absolute Gasteiger partial charge is 0.484 e. The first kappa shape index (κ1) is 16.3. The highest BCUT2D eigenvalue weighted by molar-refractivity contribution is 5.79. The summed E-state index contributed by atoms with van der Waals surface area (Å²) in [6, 6.07) is 7.82. The highest BCUT2D eigenvalue weighted by Crippen LogP contribution is 2.21. The summed E-state index contributed by atoms with van der Waals surface area (Å²) in [5, 5.41) is 0. The summed E-state index contributed by atoms with van der Waals surface area (Å²) in [7, 11) is 0. The molecule has 0 unspecified atom stereocenters. The molecule has 1 aromatic rings. The fourth-order valence-corrected chi connectivity index (χ4v) is 2.61. The van der Waals surface area contributed by atoms with Crippen molar-refractivity contribution in [3.05, 3.63) is 29.8 Å². The standard InChI is InChI=1S/C17H24N2O3/c1-12(2)14-4-3-5-15(10-14)22-11-16(20)19-8-6-13(7-9-19)17(18)21/h3-5,10,12-13H,6-9,11H2,1-2H3,(H2,18,21). The molecule has 0 spiro atoms.